The Morgan fingerprint density at radius 1 is 1.27 bits per heavy atom. The minimum absolute atomic E-state index is 0.221. The predicted octanol–water partition coefficient (Wildman–Crippen LogP) is 3.43. The molecule has 0 aliphatic carbocycles. The van der Waals surface area contributed by atoms with Crippen molar-refractivity contribution in [1.82, 2.24) is 5.32 Å². The van der Waals surface area contributed by atoms with Crippen LogP contribution in [0, 0.1) is 6.92 Å². The molecule has 1 N–H and O–H groups in total. The molecule has 1 atom stereocenters. The third-order valence-corrected chi connectivity index (χ3v) is 4.55. The topological polar surface area (TPSA) is 59.3 Å². The lowest BCUT2D eigenvalue weighted by atomic mass is 10.2. The molecule has 0 aliphatic heterocycles. The lowest BCUT2D eigenvalue weighted by Gasteiger charge is -2.02. The van der Waals surface area contributed by atoms with E-state index in [4.69, 9.17) is 4.42 Å². The Hall–Kier alpha value is -1.88. The first-order valence-electron chi connectivity index (χ1n) is 7.42. The van der Waals surface area contributed by atoms with Crippen LogP contribution in [-0.2, 0) is 16.6 Å². The van der Waals surface area contributed by atoms with Crippen molar-refractivity contribution in [3.63, 3.8) is 0 Å². The van der Waals surface area contributed by atoms with E-state index in [1.54, 1.807) is 12.1 Å². The van der Waals surface area contributed by atoms with Gasteiger partial charge in [-0.1, -0.05) is 25.5 Å². The summed E-state index contributed by atoms with van der Waals surface area (Å²) in [5.41, 5.74) is 1.07. The van der Waals surface area contributed by atoms with E-state index in [0.29, 0.717) is 12.3 Å². The molecule has 4 nitrogen and oxygen atoms in total. The average molecular weight is 319 g/mol. The van der Waals surface area contributed by atoms with Crippen LogP contribution in [0.25, 0.3) is 0 Å². The van der Waals surface area contributed by atoms with Crippen molar-refractivity contribution in [2.24, 2.45) is 0 Å². The first-order valence-corrected chi connectivity index (χ1v) is 8.74. The summed E-state index contributed by atoms with van der Waals surface area (Å²) >= 11 is 0. The van der Waals surface area contributed by atoms with Gasteiger partial charge in [-0.15, -0.1) is 0 Å². The molecule has 0 saturated heterocycles. The molecule has 0 saturated carbocycles. The van der Waals surface area contributed by atoms with Crippen LogP contribution in [0.4, 0.5) is 0 Å². The number of furan rings is 1. The van der Waals surface area contributed by atoms with Crippen molar-refractivity contribution in [1.29, 1.82) is 0 Å². The molecule has 0 aliphatic rings. The summed E-state index contributed by atoms with van der Waals surface area (Å²) < 4.78 is 17.8. The molecule has 0 unspecified atom stereocenters. The van der Waals surface area contributed by atoms with Crippen molar-refractivity contribution < 1.29 is 13.4 Å². The number of carbonyl (C=O) groups excluding carboxylic acids is 1. The van der Waals surface area contributed by atoms with E-state index in [1.807, 2.05) is 31.2 Å². The third-order valence-electron chi connectivity index (χ3n) is 3.23. The van der Waals surface area contributed by atoms with Crippen LogP contribution >= 0.6 is 0 Å². The van der Waals surface area contributed by atoms with Crippen molar-refractivity contribution in [2.75, 3.05) is 6.54 Å². The molecule has 1 amide bonds. The van der Waals surface area contributed by atoms with Gasteiger partial charge in [0.25, 0.3) is 5.91 Å². The Morgan fingerprint density at radius 2 is 2.09 bits per heavy atom. The van der Waals surface area contributed by atoms with Crippen molar-refractivity contribution in [3.05, 3.63) is 53.5 Å². The van der Waals surface area contributed by atoms with E-state index in [9.17, 15) is 9.00 Å². The van der Waals surface area contributed by atoms with Gasteiger partial charge in [0.15, 0.2) is 5.76 Å². The Labute approximate surface area is 133 Å². The van der Waals surface area contributed by atoms with Gasteiger partial charge in [0.05, 0.1) is 16.6 Å². The van der Waals surface area contributed by atoms with Crippen molar-refractivity contribution >= 4 is 16.7 Å². The molecule has 1 aromatic carbocycles. The number of hydrogen-bond acceptors (Lipinski definition) is 3. The molecule has 1 heterocycles. The molecule has 0 bridgehead atoms. The van der Waals surface area contributed by atoms with E-state index >= 15 is 0 Å². The predicted molar refractivity (Wildman–Crippen MR) is 87.2 cm³/mol. The number of aryl methyl sites for hydroxylation is 1. The van der Waals surface area contributed by atoms with Gasteiger partial charge in [0, 0.05) is 11.4 Å². The highest BCUT2D eigenvalue weighted by Crippen LogP contribution is 2.16. The van der Waals surface area contributed by atoms with Gasteiger partial charge in [-0.3, -0.25) is 9.00 Å². The number of carbonyl (C=O) groups is 1. The second-order valence-corrected chi connectivity index (χ2v) is 6.63. The summed E-state index contributed by atoms with van der Waals surface area (Å²) in [4.78, 5) is 12.6. The fourth-order valence-corrected chi connectivity index (χ4v) is 3.14. The zero-order valence-electron chi connectivity index (χ0n) is 12.9. The lowest BCUT2D eigenvalue weighted by Crippen LogP contribution is -2.23. The SMILES string of the molecule is CCCCNC(=O)c1ccc(C[S@@](=O)c2cccc(C)c2)o1. The van der Waals surface area contributed by atoms with Gasteiger partial charge in [-0.25, -0.2) is 0 Å². The van der Waals surface area contributed by atoms with Gasteiger partial charge in [0.2, 0.25) is 0 Å². The van der Waals surface area contributed by atoms with Crippen LogP contribution in [0.2, 0.25) is 0 Å². The minimum Gasteiger partial charge on any atom is -0.455 e. The lowest BCUT2D eigenvalue weighted by molar-refractivity contribution is 0.0924. The monoisotopic (exact) mass is 319 g/mol. The van der Waals surface area contributed by atoms with E-state index in [2.05, 4.69) is 12.2 Å². The standard InChI is InChI=1S/C17H21NO3S/c1-3-4-10-18-17(19)16-9-8-14(21-16)12-22(20)15-7-5-6-13(2)11-15/h5-9,11H,3-4,10,12H2,1-2H3,(H,18,19)/t22-/m1/s1. The molecular formula is C17H21NO3S. The quantitative estimate of drug-likeness (QED) is 0.795. The molecule has 0 spiro atoms. The summed E-state index contributed by atoms with van der Waals surface area (Å²) in [6, 6.07) is 10.9. The number of benzene rings is 1. The number of nitrogens with one attached hydrogen (secondary N) is 1. The molecule has 5 heteroatoms. The molecular weight excluding hydrogens is 298 g/mol. The smallest absolute Gasteiger partial charge is 0.286 e. The maximum Gasteiger partial charge on any atom is 0.286 e. The Kier molecular flexibility index (Phi) is 5.95. The summed E-state index contributed by atoms with van der Waals surface area (Å²) in [5, 5.41) is 2.80. The largest absolute Gasteiger partial charge is 0.455 e. The maximum atomic E-state index is 12.3. The molecule has 22 heavy (non-hydrogen) atoms. The van der Waals surface area contributed by atoms with Crippen LogP contribution in [0.5, 0.6) is 0 Å². The number of rotatable bonds is 7. The Morgan fingerprint density at radius 3 is 2.82 bits per heavy atom. The summed E-state index contributed by atoms with van der Waals surface area (Å²) in [6.07, 6.45) is 1.97. The molecule has 1 aromatic heterocycles. The van der Waals surface area contributed by atoms with Gasteiger partial charge < -0.3 is 9.73 Å². The highest BCUT2D eigenvalue weighted by Gasteiger charge is 2.13. The van der Waals surface area contributed by atoms with E-state index < -0.39 is 10.8 Å². The van der Waals surface area contributed by atoms with Crippen LogP contribution in [0.3, 0.4) is 0 Å². The zero-order chi connectivity index (χ0) is 15.9. The number of amides is 1. The van der Waals surface area contributed by atoms with E-state index in [-0.39, 0.29) is 17.4 Å². The van der Waals surface area contributed by atoms with Crippen molar-refractivity contribution in [3.8, 4) is 0 Å². The molecule has 0 fully saturated rings. The first kappa shape index (κ1) is 16.5. The summed E-state index contributed by atoms with van der Waals surface area (Å²) in [5.74, 6) is 0.875. The Balaban J connectivity index is 1.97. The van der Waals surface area contributed by atoms with Gasteiger partial charge >= 0.3 is 0 Å². The maximum absolute atomic E-state index is 12.3. The number of hydrogen-bond donors (Lipinski definition) is 1. The van der Waals surface area contributed by atoms with Gasteiger partial charge in [0.1, 0.15) is 5.76 Å². The highest BCUT2D eigenvalue weighted by atomic mass is 32.2. The minimum atomic E-state index is -1.18. The van der Waals surface area contributed by atoms with Crippen LogP contribution in [-0.4, -0.2) is 16.7 Å². The highest BCUT2D eigenvalue weighted by molar-refractivity contribution is 7.84. The zero-order valence-corrected chi connectivity index (χ0v) is 13.7. The second kappa shape index (κ2) is 7.94. The van der Waals surface area contributed by atoms with Gasteiger partial charge in [-0.2, -0.15) is 0 Å². The molecule has 0 radical (unpaired) electrons. The van der Waals surface area contributed by atoms with Crippen LogP contribution in [0.15, 0.2) is 45.7 Å². The average Bonchev–Trinajstić information content (AvgIpc) is 2.96. The molecule has 2 rings (SSSR count). The van der Waals surface area contributed by atoms with Gasteiger partial charge in [-0.05, 0) is 43.2 Å². The fraction of sp³-hybridized carbons (Fsp3) is 0.353. The normalized spacial score (nSPS) is 12.1. The Bertz CT molecular complexity index is 663. The summed E-state index contributed by atoms with van der Waals surface area (Å²) in [6.45, 7) is 4.67. The fourth-order valence-electron chi connectivity index (χ4n) is 2.01. The number of unbranched alkanes of at least 4 members (excludes halogenated alkanes) is 1. The van der Waals surface area contributed by atoms with Crippen molar-refractivity contribution in [2.45, 2.75) is 37.3 Å². The molecule has 118 valence electrons. The first-order chi connectivity index (χ1) is 10.6. The summed E-state index contributed by atoms with van der Waals surface area (Å²) in [7, 11) is -1.18. The van der Waals surface area contributed by atoms with Crippen LogP contribution in [0.1, 0.15) is 41.6 Å². The second-order valence-electron chi connectivity index (χ2n) is 5.18. The van der Waals surface area contributed by atoms with E-state index in [0.717, 1.165) is 23.3 Å². The molecule has 2 aromatic rings. The van der Waals surface area contributed by atoms with E-state index in [1.165, 1.54) is 0 Å². The van der Waals surface area contributed by atoms with Crippen LogP contribution < -0.4 is 5.32 Å². The third kappa shape index (κ3) is 4.56.